The molecule has 4 nitrogen and oxygen atoms in total. The first kappa shape index (κ1) is 9.36. The van der Waals surface area contributed by atoms with Crippen LogP contribution in [0.3, 0.4) is 0 Å². The lowest BCUT2D eigenvalue weighted by molar-refractivity contribution is 0.266. The predicted molar refractivity (Wildman–Crippen MR) is 48.8 cm³/mol. The van der Waals surface area contributed by atoms with Crippen LogP contribution >= 0.6 is 0 Å². The number of nitrogens with zero attached hydrogens (tertiary/aromatic N) is 4. The number of hydrogen-bond donors (Lipinski definition) is 0. The molecule has 1 aliphatic rings. The summed E-state index contributed by atoms with van der Waals surface area (Å²) in [5.41, 5.74) is 8.31. The first-order valence-electron chi connectivity index (χ1n) is 4.43. The van der Waals surface area contributed by atoms with Gasteiger partial charge >= 0.3 is 0 Å². The van der Waals surface area contributed by atoms with Crippen LogP contribution in [0.15, 0.2) is 5.11 Å². The number of azide groups is 1. The second-order valence-electron chi connectivity index (χ2n) is 3.80. The van der Waals surface area contributed by atoms with E-state index in [1.165, 1.54) is 0 Å². The third-order valence-corrected chi connectivity index (χ3v) is 2.53. The minimum absolute atomic E-state index is 0.178. The largest absolute Gasteiger partial charge is 0.300 e. The highest BCUT2D eigenvalue weighted by molar-refractivity contribution is 4.88. The Hall–Kier alpha value is -0.730. The van der Waals surface area contributed by atoms with Crippen molar-refractivity contribution in [3.05, 3.63) is 10.4 Å². The maximum atomic E-state index is 8.31. The van der Waals surface area contributed by atoms with Gasteiger partial charge in [-0.3, -0.25) is 0 Å². The van der Waals surface area contributed by atoms with Gasteiger partial charge in [-0.25, -0.2) is 0 Å². The lowest BCUT2D eigenvalue weighted by Crippen LogP contribution is -2.28. The van der Waals surface area contributed by atoms with Crippen molar-refractivity contribution in [3.8, 4) is 0 Å². The van der Waals surface area contributed by atoms with Crippen LogP contribution in [-0.2, 0) is 0 Å². The molecular formula is C8H16N4. The number of hydrogen-bond acceptors (Lipinski definition) is 2. The van der Waals surface area contributed by atoms with E-state index in [1.807, 2.05) is 0 Å². The Morgan fingerprint density at radius 2 is 2.17 bits per heavy atom. The molecule has 2 atom stereocenters. The second kappa shape index (κ2) is 3.78. The third kappa shape index (κ3) is 1.90. The topological polar surface area (TPSA) is 52.0 Å². The maximum Gasteiger partial charge on any atom is 0.0539 e. The van der Waals surface area contributed by atoms with Gasteiger partial charge in [0.1, 0.15) is 0 Å². The molecule has 1 aliphatic heterocycles. The van der Waals surface area contributed by atoms with Gasteiger partial charge in [-0.05, 0) is 25.3 Å². The van der Waals surface area contributed by atoms with Crippen molar-refractivity contribution >= 4 is 0 Å². The summed E-state index contributed by atoms with van der Waals surface area (Å²) in [6, 6.07) is 0.740. The van der Waals surface area contributed by atoms with Crippen molar-refractivity contribution < 1.29 is 0 Å². The van der Waals surface area contributed by atoms with E-state index in [2.05, 4.69) is 35.7 Å². The summed E-state index contributed by atoms with van der Waals surface area (Å²) in [6.45, 7) is 8.46. The average molecular weight is 168 g/mol. The van der Waals surface area contributed by atoms with E-state index >= 15 is 0 Å². The van der Waals surface area contributed by atoms with Gasteiger partial charge in [0.05, 0.1) is 6.04 Å². The number of likely N-dealkylation sites (tertiary alicyclic amines) is 1. The van der Waals surface area contributed by atoms with Crippen molar-refractivity contribution in [1.29, 1.82) is 0 Å². The molecule has 0 aromatic rings. The Kier molecular flexibility index (Phi) is 2.95. The van der Waals surface area contributed by atoms with E-state index in [4.69, 9.17) is 5.53 Å². The van der Waals surface area contributed by atoms with Gasteiger partial charge in [0.15, 0.2) is 0 Å². The molecule has 12 heavy (non-hydrogen) atoms. The first-order valence-corrected chi connectivity index (χ1v) is 4.43. The minimum atomic E-state index is 0.178. The van der Waals surface area contributed by atoms with Crippen molar-refractivity contribution in [2.45, 2.75) is 32.9 Å². The van der Waals surface area contributed by atoms with Gasteiger partial charge < -0.3 is 4.90 Å². The van der Waals surface area contributed by atoms with Gasteiger partial charge in [0.2, 0.25) is 0 Å². The summed E-state index contributed by atoms with van der Waals surface area (Å²) in [7, 11) is 0. The van der Waals surface area contributed by atoms with E-state index in [0.717, 1.165) is 13.1 Å². The lowest BCUT2D eigenvalue weighted by atomic mass is 10.1. The average Bonchev–Trinajstić information content (AvgIpc) is 2.34. The van der Waals surface area contributed by atoms with Crippen molar-refractivity contribution in [2.75, 3.05) is 13.1 Å². The van der Waals surface area contributed by atoms with Crippen LogP contribution in [0.2, 0.25) is 0 Å². The fourth-order valence-corrected chi connectivity index (χ4v) is 1.62. The lowest BCUT2D eigenvalue weighted by Gasteiger charge is -2.19. The standard InChI is InChI=1S/C8H16N4/c1-6(2)12-4-7(3)8(5-12)10-11-9/h6-8H,4-5H2,1-3H3. The summed E-state index contributed by atoms with van der Waals surface area (Å²) < 4.78 is 0. The molecule has 1 saturated heterocycles. The molecule has 0 amide bonds. The van der Waals surface area contributed by atoms with Crippen LogP contribution in [0.5, 0.6) is 0 Å². The van der Waals surface area contributed by atoms with Gasteiger partial charge in [-0.2, -0.15) is 0 Å². The van der Waals surface area contributed by atoms with Crippen LogP contribution in [0.1, 0.15) is 20.8 Å². The van der Waals surface area contributed by atoms with E-state index in [0.29, 0.717) is 12.0 Å². The molecule has 0 saturated carbocycles. The smallest absolute Gasteiger partial charge is 0.0539 e. The van der Waals surface area contributed by atoms with Crippen LogP contribution in [-0.4, -0.2) is 30.1 Å². The van der Waals surface area contributed by atoms with Crippen LogP contribution in [0.4, 0.5) is 0 Å². The van der Waals surface area contributed by atoms with Gasteiger partial charge in [0.25, 0.3) is 0 Å². The second-order valence-corrected chi connectivity index (χ2v) is 3.80. The SMILES string of the molecule is CC1CN(C(C)C)CC1N=[N+]=[N-]. The van der Waals surface area contributed by atoms with Gasteiger partial charge in [-0.1, -0.05) is 12.0 Å². The Balaban J connectivity index is 2.55. The highest BCUT2D eigenvalue weighted by Crippen LogP contribution is 2.21. The van der Waals surface area contributed by atoms with E-state index < -0.39 is 0 Å². The fraction of sp³-hybridized carbons (Fsp3) is 1.00. The molecule has 0 aliphatic carbocycles. The van der Waals surface area contributed by atoms with Crippen LogP contribution in [0, 0.1) is 5.92 Å². The van der Waals surface area contributed by atoms with Crippen LogP contribution in [0.25, 0.3) is 10.4 Å². The molecule has 0 aromatic heterocycles. The molecule has 0 bridgehead atoms. The maximum absolute atomic E-state index is 8.31. The van der Waals surface area contributed by atoms with Crippen molar-refractivity contribution in [1.82, 2.24) is 4.90 Å². The van der Waals surface area contributed by atoms with Crippen molar-refractivity contribution in [3.63, 3.8) is 0 Å². The summed E-state index contributed by atoms with van der Waals surface area (Å²) in [5, 5.41) is 3.78. The summed E-state index contributed by atoms with van der Waals surface area (Å²) in [6.07, 6.45) is 0. The van der Waals surface area contributed by atoms with Gasteiger partial charge in [-0.15, -0.1) is 0 Å². The quantitative estimate of drug-likeness (QED) is 0.353. The Bertz CT molecular complexity index is 195. The number of rotatable bonds is 2. The molecule has 1 heterocycles. The predicted octanol–water partition coefficient (Wildman–Crippen LogP) is 2.03. The molecule has 0 aromatic carbocycles. The van der Waals surface area contributed by atoms with Crippen LogP contribution < -0.4 is 0 Å². The third-order valence-electron chi connectivity index (χ3n) is 2.53. The van der Waals surface area contributed by atoms with Crippen molar-refractivity contribution in [2.24, 2.45) is 11.0 Å². The molecule has 0 spiro atoms. The Morgan fingerprint density at radius 1 is 1.50 bits per heavy atom. The molecule has 4 heteroatoms. The highest BCUT2D eigenvalue weighted by Gasteiger charge is 2.29. The van der Waals surface area contributed by atoms with E-state index in [1.54, 1.807) is 0 Å². The summed E-state index contributed by atoms with van der Waals surface area (Å²) in [4.78, 5) is 5.21. The normalized spacial score (nSPS) is 30.7. The van der Waals surface area contributed by atoms with E-state index in [-0.39, 0.29) is 6.04 Å². The zero-order valence-corrected chi connectivity index (χ0v) is 7.94. The van der Waals surface area contributed by atoms with E-state index in [9.17, 15) is 0 Å². The first-order chi connectivity index (χ1) is 5.65. The molecule has 2 unspecified atom stereocenters. The van der Waals surface area contributed by atoms with Gasteiger partial charge in [0, 0.05) is 24.0 Å². The monoisotopic (exact) mass is 168 g/mol. The Morgan fingerprint density at radius 3 is 2.58 bits per heavy atom. The highest BCUT2D eigenvalue weighted by atomic mass is 15.2. The molecule has 1 fully saturated rings. The molecule has 68 valence electrons. The summed E-state index contributed by atoms with van der Waals surface area (Å²) in [5.74, 6) is 0.503. The fourth-order valence-electron chi connectivity index (χ4n) is 1.62. The molecule has 1 rings (SSSR count). The minimum Gasteiger partial charge on any atom is -0.300 e. The zero-order valence-electron chi connectivity index (χ0n) is 7.94. The molecular weight excluding hydrogens is 152 g/mol. The Labute approximate surface area is 73.2 Å². The molecule has 0 N–H and O–H groups in total. The zero-order chi connectivity index (χ0) is 9.14. The molecule has 0 radical (unpaired) electrons. The summed E-state index contributed by atoms with van der Waals surface area (Å²) >= 11 is 0.